The molecule has 1 aromatic heterocycles. The maximum Gasteiger partial charge on any atom is 0.458 e. The third kappa shape index (κ3) is 2.44. The molecule has 0 unspecified atom stereocenters. The Bertz CT molecular complexity index is 465. The van der Waals surface area contributed by atoms with Gasteiger partial charge in [0.1, 0.15) is 0 Å². The molecule has 0 atom stereocenters. The Balaban J connectivity index is 3.34. The average Bonchev–Trinajstić information content (AvgIpc) is 2.16. The van der Waals surface area contributed by atoms with Crippen LogP contribution in [0.2, 0.25) is 0 Å². The van der Waals surface area contributed by atoms with Crippen molar-refractivity contribution >= 4 is 5.82 Å². The molecule has 0 saturated heterocycles. The molecule has 0 aliphatic heterocycles. The summed E-state index contributed by atoms with van der Waals surface area (Å²) < 4.78 is 37.3. The highest BCUT2D eigenvalue weighted by molar-refractivity contribution is 5.32. The minimum absolute atomic E-state index is 0.374. The number of nitrogens with zero attached hydrogens (tertiary/aromatic N) is 3. The quantitative estimate of drug-likeness (QED) is 0.576. The summed E-state index contributed by atoms with van der Waals surface area (Å²) in [7, 11) is 0. The minimum Gasteiger partial charge on any atom is -0.358 e. The molecule has 1 heterocycles. The predicted octanol–water partition coefficient (Wildman–Crippen LogP) is 2.07. The molecule has 0 saturated carbocycles. The molecule has 16 heavy (non-hydrogen) atoms. The standard InChI is InChI=1S/C8H4F3N3O2/c9-8(10,11)7-5(3-4-12)1-2-6(13-7)14(15)16/h1-2H,3H2. The second kappa shape index (κ2) is 4.14. The first-order valence-corrected chi connectivity index (χ1v) is 3.94. The van der Waals surface area contributed by atoms with E-state index in [1.165, 1.54) is 6.07 Å². The second-order valence-electron chi connectivity index (χ2n) is 2.77. The summed E-state index contributed by atoms with van der Waals surface area (Å²) in [5, 5.41) is 18.6. The van der Waals surface area contributed by atoms with Crippen molar-refractivity contribution in [3.8, 4) is 6.07 Å². The van der Waals surface area contributed by atoms with Crippen LogP contribution in [0.25, 0.3) is 0 Å². The first kappa shape index (κ1) is 11.9. The summed E-state index contributed by atoms with van der Waals surface area (Å²) in [6.07, 6.45) is -5.31. The maximum absolute atomic E-state index is 12.4. The molecule has 1 rings (SSSR count). The van der Waals surface area contributed by atoms with Crippen LogP contribution in [0, 0.1) is 21.4 Å². The van der Waals surface area contributed by atoms with Crippen molar-refractivity contribution < 1.29 is 18.1 Å². The average molecular weight is 231 g/mol. The Hall–Kier alpha value is -2.17. The van der Waals surface area contributed by atoms with Crippen LogP contribution in [0.4, 0.5) is 19.0 Å². The number of hydrogen-bond acceptors (Lipinski definition) is 4. The van der Waals surface area contributed by atoms with E-state index in [-0.39, 0.29) is 5.56 Å². The van der Waals surface area contributed by atoms with Crippen molar-refractivity contribution in [2.24, 2.45) is 0 Å². The smallest absolute Gasteiger partial charge is 0.358 e. The molecule has 84 valence electrons. The van der Waals surface area contributed by atoms with Crippen LogP contribution in [0.5, 0.6) is 0 Å². The Kier molecular flexibility index (Phi) is 3.08. The maximum atomic E-state index is 12.4. The van der Waals surface area contributed by atoms with Crippen molar-refractivity contribution in [2.45, 2.75) is 12.6 Å². The van der Waals surface area contributed by atoms with Crippen LogP contribution in [0.1, 0.15) is 11.3 Å². The van der Waals surface area contributed by atoms with Crippen LogP contribution in [-0.2, 0) is 12.6 Å². The molecular formula is C8H4F3N3O2. The molecule has 0 radical (unpaired) electrons. The molecule has 0 fully saturated rings. The molecular weight excluding hydrogens is 227 g/mol. The Morgan fingerprint density at radius 3 is 2.56 bits per heavy atom. The lowest BCUT2D eigenvalue weighted by Gasteiger charge is -2.05. The monoisotopic (exact) mass is 231 g/mol. The van der Waals surface area contributed by atoms with Gasteiger partial charge in [-0.3, -0.25) is 0 Å². The highest BCUT2D eigenvalue weighted by Crippen LogP contribution is 2.31. The van der Waals surface area contributed by atoms with Crippen LogP contribution in [0.3, 0.4) is 0 Å². The number of hydrogen-bond donors (Lipinski definition) is 0. The van der Waals surface area contributed by atoms with Gasteiger partial charge in [0.25, 0.3) is 5.69 Å². The Labute approximate surface area is 87.3 Å². The van der Waals surface area contributed by atoms with E-state index in [0.717, 1.165) is 12.1 Å². The Morgan fingerprint density at radius 2 is 2.12 bits per heavy atom. The molecule has 0 aromatic carbocycles. The zero-order chi connectivity index (χ0) is 12.3. The zero-order valence-corrected chi connectivity index (χ0v) is 7.65. The Morgan fingerprint density at radius 1 is 1.50 bits per heavy atom. The molecule has 0 aliphatic rings. The van der Waals surface area contributed by atoms with Crippen molar-refractivity contribution in [2.75, 3.05) is 0 Å². The molecule has 0 N–H and O–H groups in total. The van der Waals surface area contributed by atoms with E-state index in [1.807, 2.05) is 0 Å². The summed E-state index contributed by atoms with van der Waals surface area (Å²) in [5.41, 5.74) is -1.76. The molecule has 8 heteroatoms. The molecule has 1 aromatic rings. The topological polar surface area (TPSA) is 79.8 Å². The van der Waals surface area contributed by atoms with Gasteiger partial charge in [-0.25, -0.2) is 0 Å². The van der Waals surface area contributed by atoms with Crippen molar-refractivity contribution in [3.05, 3.63) is 33.5 Å². The van der Waals surface area contributed by atoms with E-state index in [0.29, 0.717) is 0 Å². The van der Waals surface area contributed by atoms with Gasteiger partial charge < -0.3 is 10.1 Å². The molecule has 0 amide bonds. The second-order valence-corrected chi connectivity index (χ2v) is 2.77. The number of halogens is 3. The van der Waals surface area contributed by atoms with E-state index in [2.05, 4.69) is 4.98 Å². The van der Waals surface area contributed by atoms with Gasteiger partial charge in [0, 0.05) is 11.6 Å². The summed E-state index contributed by atoms with van der Waals surface area (Å²) in [5.74, 6) is -0.894. The summed E-state index contributed by atoms with van der Waals surface area (Å²) in [6, 6.07) is 3.26. The number of nitriles is 1. The van der Waals surface area contributed by atoms with Gasteiger partial charge in [-0.2, -0.15) is 18.4 Å². The first-order valence-electron chi connectivity index (χ1n) is 3.94. The number of nitro groups is 1. The molecule has 0 aliphatic carbocycles. The first-order chi connectivity index (χ1) is 7.36. The normalized spacial score (nSPS) is 10.9. The summed E-state index contributed by atoms with van der Waals surface area (Å²) in [6.45, 7) is 0. The third-order valence-electron chi connectivity index (χ3n) is 1.69. The van der Waals surface area contributed by atoms with Crippen LogP contribution in [0.15, 0.2) is 12.1 Å². The van der Waals surface area contributed by atoms with Gasteiger partial charge in [-0.15, -0.1) is 0 Å². The van der Waals surface area contributed by atoms with E-state index in [9.17, 15) is 23.3 Å². The van der Waals surface area contributed by atoms with E-state index in [4.69, 9.17) is 5.26 Å². The van der Waals surface area contributed by atoms with E-state index >= 15 is 0 Å². The molecule has 0 spiro atoms. The number of rotatable bonds is 2. The lowest BCUT2D eigenvalue weighted by Crippen LogP contribution is -2.13. The van der Waals surface area contributed by atoms with Gasteiger partial charge in [0.05, 0.1) is 12.5 Å². The lowest BCUT2D eigenvalue weighted by atomic mass is 10.1. The van der Waals surface area contributed by atoms with Crippen LogP contribution >= 0.6 is 0 Å². The van der Waals surface area contributed by atoms with Crippen LogP contribution < -0.4 is 0 Å². The van der Waals surface area contributed by atoms with Gasteiger partial charge in [-0.05, 0) is 16.0 Å². The summed E-state index contributed by atoms with van der Waals surface area (Å²) in [4.78, 5) is 12.1. The van der Waals surface area contributed by atoms with Crippen molar-refractivity contribution in [1.29, 1.82) is 5.26 Å². The lowest BCUT2D eigenvalue weighted by molar-refractivity contribution is -0.390. The highest BCUT2D eigenvalue weighted by atomic mass is 19.4. The van der Waals surface area contributed by atoms with Crippen molar-refractivity contribution in [1.82, 2.24) is 4.98 Å². The van der Waals surface area contributed by atoms with E-state index in [1.54, 1.807) is 0 Å². The number of pyridine rings is 1. The number of aromatic nitrogens is 1. The van der Waals surface area contributed by atoms with Crippen LogP contribution in [-0.4, -0.2) is 9.91 Å². The van der Waals surface area contributed by atoms with Gasteiger partial charge in [0.15, 0.2) is 0 Å². The molecule has 5 nitrogen and oxygen atoms in total. The number of alkyl halides is 3. The predicted molar refractivity (Wildman–Crippen MR) is 45.2 cm³/mol. The fourth-order valence-electron chi connectivity index (χ4n) is 1.05. The van der Waals surface area contributed by atoms with E-state index < -0.39 is 29.0 Å². The highest BCUT2D eigenvalue weighted by Gasteiger charge is 2.40. The third-order valence-corrected chi connectivity index (χ3v) is 1.69. The SMILES string of the molecule is N#CCc1ccc([N+](=O)[O-])nc1C(F)(F)F. The zero-order valence-electron chi connectivity index (χ0n) is 7.65. The van der Waals surface area contributed by atoms with Gasteiger partial charge >= 0.3 is 12.0 Å². The largest absolute Gasteiger partial charge is 0.458 e. The fraction of sp³-hybridized carbons (Fsp3) is 0.250. The minimum atomic E-state index is -4.81. The van der Waals surface area contributed by atoms with Gasteiger partial charge in [-0.1, -0.05) is 0 Å². The van der Waals surface area contributed by atoms with Crippen molar-refractivity contribution in [3.63, 3.8) is 0 Å². The van der Waals surface area contributed by atoms with Gasteiger partial charge in [0.2, 0.25) is 0 Å². The molecule has 0 bridgehead atoms. The summed E-state index contributed by atoms with van der Waals surface area (Å²) >= 11 is 0. The fourth-order valence-corrected chi connectivity index (χ4v) is 1.05.